The average Bonchev–Trinajstić information content (AvgIpc) is 3.02. The molecule has 0 spiro atoms. The number of hydrogen-bond acceptors (Lipinski definition) is 2. The topological polar surface area (TPSA) is 17.8 Å². The lowest BCUT2D eigenvalue weighted by Crippen LogP contribution is -2.18. The molecule has 21 heavy (non-hydrogen) atoms. The van der Waals surface area contributed by atoms with E-state index in [1.54, 1.807) is 6.07 Å². The van der Waals surface area contributed by atoms with Gasteiger partial charge in [0.2, 0.25) is 0 Å². The fourth-order valence-corrected chi connectivity index (χ4v) is 4.79. The van der Waals surface area contributed by atoms with Gasteiger partial charge in [0, 0.05) is 17.4 Å². The molecule has 3 unspecified atom stereocenters. The number of imidazole rings is 1. The second-order valence-corrected chi connectivity index (χ2v) is 8.38. The fourth-order valence-electron chi connectivity index (χ4n) is 3.21. The highest BCUT2D eigenvalue weighted by Crippen LogP contribution is 2.41. The van der Waals surface area contributed by atoms with Gasteiger partial charge in [-0.1, -0.05) is 6.42 Å². The van der Waals surface area contributed by atoms with Crippen LogP contribution in [0.5, 0.6) is 0 Å². The predicted octanol–water partition coefficient (Wildman–Crippen LogP) is 5.54. The van der Waals surface area contributed by atoms with Crippen molar-refractivity contribution in [2.24, 2.45) is 0 Å². The standard InChI is InChI=1S/C15H17ClFIN2S/c1-8(16)15-19-11-7-10(18)9(17)6-13(11)20(15)12-4-3-5-14(12)21-2/h6-8,12,14H,3-5H2,1-2H3. The Morgan fingerprint density at radius 2 is 2.24 bits per heavy atom. The van der Waals surface area contributed by atoms with Crippen LogP contribution in [0.4, 0.5) is 4.39 Å². The van der Waals surface area contributed by atoms with Gasteiger partial charge in [0.05, 0.1) is 20.0 Å². The first-order valence-electron chi connectivity index (χ1n) is 7.06. The third kappa shape index (κ3) is 2.81. The Kier molecular flexibility index (Phi) is 4.72. The van der Waals surface area contributed by atoms with Crippen molar-refractivity contribution in [2.45, 2.75) is 42.9 Å². The van der Waals surface area contributed by atoms with Crippen molar-refractivity contribution < 1.29 is 4.39 Å². The quantitative estimate of drug-likeness (QED) is 0.463. The van der Waals surface area contributed by atoms with Crippen LogP contribution >= 0.6 is 46.0 Å². The summed E-state index contributed by atoms with van der Waals surface area (Å²) >= 11 is 10.2. The van der Waals surface area contributed by atoms with Crippen LogP contribution in [0.25, 0.3) is 11.0 Å². The van der Waals surface area contributed by atoms with E-state index in [1.807, 2.05) is 47.3 Å². The number of halogens is 3. The molecule has 0 radical (unpaired) electrons. The summed E-state index contributed by atoms with van der Waals surface area (Å²) < 4.78 is 16.8. The first-order valence-corrected chi connectivity index (χ1v) is 9.87. The minimum absolute atomic E-state index is 0.179. The summed E-state index contributed by atoms with van der Waals surface area (Å²) in [5, 5.41) is 0.375. The van der Waals surface area contributed by atoms with Crippen LogP contribution < -0.4 is 0 Å². The highest BCUT2D eigenvalue weighted by Gasteiger charge is 2.32. The fraction of sp³-hybridized carbons (Fsp3) is 0.533. The first kappa shape index (κ1) is 15.9. The zero-order valence-electron chi connectivity index (χ0n) is 11.9. The molecule has 1 aliphatic rings. The molecule has 2 nitrogen and oxygen atoms in total. The van der Waals surface area contributed by atoms with Crippen LogP contribution in [0.3, 0.4) is 0 Å². The highest BCUT2D eigenvalue weighted by atomic mass is 127. The van der Waals surface area contributed by atoms with Crippen molar-refractivity contribution in [1.82, 2.24) is 9.55 Å². The molecule has 0 amide bonds. The molecule has 1 heterocycles. The van der Waals surface area contributed by atoms with Gasteiger partial charge in [-0.2, -0.15) is 11.8 Å². The zero-order valence-corrected chi connectivity index (χ0v) is 15.7. The van der Waals surface area contributed by atoms with E-state index in [2.05, 4.69) is 15.8 Å². The Bertz CT molecular complexity index is 673. The van der Waals surface area contributed by atoms with Gasteiger partial charge in [0.15, 0.2) is 0 Å². The lowest BCUT2D eigenvalue weighted by atomic mass is 10.2. The average molecular weight is 439 g/mol. The van der Waals surface area contributed by atoms with Gasteiger partial charge in [-0.3, -0.25) is 0 Å². The lowest BCUT2D eigenvalue weighted by Gasteiger charge is -2.23. The predicted molar refractivity (Wildman–Crippen MR) is 96.9 cm³/mol. The largest absolute Gasteiger partial charge is 0.322 e. The number of benzene rings is 1. The van der Waals surface area contributed by atoms with E-state index < -0.39 is 0 Å². The second kappa shape index (κ2) is 6.24. The lowest BCUT2D eigenvalue weighted by molar-refractivity contribution is 0.518. The van der Waals surface area contributed by atoms with Gasteiger partial charge in [-0.05, 0) is 54.7 Å². The first-order chi connectivity index (χ1) is 10.0. The summed E-state index contributed by atoms with van der Waals surface area (Å²) in [5.74, 6) is 0.677. The van der Waals surface area contributed by atoms with E-state index in [9.17, 15) is 4.39 Å². The van der Waals surface area contributed by atoms with Gasteiger partial charge >= 0.3 is 0 Å². The number of fused-ring (bicyclic) bond motifs is 1. The molecule has 1 aromatic carbocycles. The molecule has 1 aromatic heterocycles. The molecule has 114 valence electrons. The Morgan fingerprint density at radius 1 is 1.48 bits per heavy atom. The number of nitrogens with zero attached hydrogens (tertiary/aromatic N) is 2. The molecule has 1 fully saturated rings. The van der Waals surface area contributed by atoms with Gasteiger partial charge in [0.1, 0.15) is 11.6 Å². The summed E-state index contributed by atoms with van der Waals surface area (Å²) in [6, 6.07) is 3.79. The maximum Gasteiger partial charge on any atom is 0.138 e. The summed E-state index contributed by atoms with van der Waals surface area (Å²) in [4.78, 5) is 4.68. The Morgan fingerprint density at radius 3 is 2.90 bits per heavy atom. The molecule has 1 saturated carbocycles. The van der Waals surface area contributed by atoms with Gasteiger partial charge in [0.25, 0.3) is 0 Å². The van der Waals surface area contributed by atoms with Crippen LogP contribution in [-0.4, -0.2) is 21.1 Å². The van der Waals surface area contributed by atoms with Gasteiger partial charge < -0.3 is 4.57 Å². The summed E-state index contributed by atoms with van der Waals surface area (Å²) in [7, 11) is 0. The minimum atomic E-state index is -0.184. The maximum atomic E-state index is 14.0. The van der Waals surface area contributed by atoms with Crippen molar-refractivity contribution in [3.05, 3.63) is 27.3 Å². The molecule has 2 aromatic rings. The summed E-state index contributed by atoms with van der Waals surface area (Å²) in [6.45, 7) is 1.93. The number of aromatic nitrogens is 2. The van der Waals surface area contributed by atoms with Gasteiger partial charge in [-0.15, -0.1) is 11.6 Å². The van der Waals surface area contributed by atoms with E-state index in [4.69, 9.17) is 11.6 Å². The Balaban J connectivity index is 2.23. The minimum Gasteiger partial charge on any atom is -0.322 e. The van der Waals surface area contributed by atoms with Crippen molar-refractivity contribution in [1.29, 1.82) is 0 Å². The van der Waals surface area contributed by atoms with Crippen molar-refractivity contribution in [2.75, 3.05) is 6.26 Å². The Hall–Kier alpha value is -0.0100. The number of alkyl halides is 1. The van der Waals surface area contributed by atoms with Crippen LogP contribution in [0.1, 0.15) is 43.4 Å². The number of rotatable bonds is 3. The normalized spacial score (nSPS) is 23.9. The smallest absolute Gasteiger partial charge is 0.138 e. The number of hydrogen-bond donors (Lipinski definition) is 0. The third-order valence-corrected chi connectivity index (χ3v) is 6.34. The molecule has 1 aliphatic carbocycles. The van der Waals surface area contributed by atoms with Crippen molar-refractivity contribution in [3.8, 4) is 0 Å². The summed E-state index contributed by atoms with van der Waals surface area (Å²) in [6.07, 6.45) is 5.67. The van der Waals surface area contributed by atoms with E-state index in [1.165, 1.54) is 12.8 Å². The van der Waals surface area contributed by atoms with Crippen LogP contribution in [0.15, 0.2) is 12.1 Å². The van der Waals surface area contributed by atoms with Crippen LogP contribution in [0, 0.1) is 9.39 Å². The SMILES string of the molecule is CSC1CCCC1n1c(C(C)Cl)nc2cc(I)c(F)cc21. The van der Waals surface area contributed by atoms with Crippen molar-refractivity contribution in [3.63, 3.8) is 0 Å². The van der Waals surface area contributed by atoms with Gasteiger partial charge in [-0.25, -0.2) is 9.37 Å². The monoisotopic (exact) mass is 438 g/mol. The molecule has 3 rings (SSSR count). The molecule has 0 bridgehead atoms. The molecule has 0 aliphatic heterocycles. The molecular formula is C15H17ClFIN2S. The summed E-state index contributed by atoms with van der Waals surface area (Å²) in [5.41, 5.74) is 1.72. The molecule has 0 N–H and O–H groups in total. The molecular weight excluding hydrogens is 422 g/mol. The van der Waals surface area contributed by atoms with Crippen molar-refractivity contribution >= 4 is 57.0 Å². The second-order valence-electron chi connectivity index (χ2n) is 5.48. The highest BCUT2D eigenvalue weighted by molar-refractivity contribution is 14.1. The molecule has 6 heteroatoms. The van der Waals surface area contributed by atoms with E-state index in [0.29, 0.717) is 14.9 Å². The molecule has 3 atom stereocenters. The number of thioether (sulfide) groups is 1. The zero-order chi connectivity index (χ0) is 15.1. The van der Waals surface area contributed by atoms with E-state index in [-0.39, 0.29) is 11.2 Å². The third-order valence-electron chi connectivity index (χ3n) is 4.17. The van der Waals surface area contributed by atoms with E-state index >= 15 is 0 Å². The molecule has 0 saturated heterocycles. The van der Waals surface area contributed by atoms with Crippen LogP contribution in [-0.2, 0) is 0 Å². The van der Waals surface area contributed by atoms with Crippen LogP contribution in [0.2, 0.25) is 0 Å². The maximum absolute atomic E-state index is 14.0. The van der Waals surface area contributed by atoms with E-state index in [0.717, 1.165) is 23.3 Å². The Labute approximate surface area is 147 Å².